The molecule has 0 amide bonds. The SMILES string of the molecule is CCCCP(=O)(CCCC)OCCOP(=O)(CCCC)CCCC. The molecule has 0 aromatic rings. The first-order valence-electron chi connectivity index (χ1n) is 9.90. The van der Waals surface area contributed by atoms with Crippen molar-refractivity contribution in [2.45, 2.75) is 79.1 Å². The van der Waals surface area contributed by atoms with Gasteiger partial charge in [0, 0.05) is 24.6 Å². The number of hydrogen-bond donors (Lipinski definition) is 0. The molecule has 0 aliphatic carbocycles. The predicted molar refractivity (Wildman–Crippen MR) is 106 cm³/mol. The molecule has 0 saturated carbocycles. The Morgan fingerprint density at radius 2 is 0.792 bits per heavy atom. The van der Waals surface area contributed by atoms with E-state index in [0.29, 0.717) is 37.9 Å². The minimum Gasteiger partial charge on any atom is -0.326 e. The third kappa shape index (κ3) is 11.9. The zero-order valence-electron chi connectivity index (χ0n) is 16.4. The largest absolute Gasteiger partial charge is 0.326 e. The van der Waals surface area contributed by atoms with Crippen LogP contribution in [0.5, 0.6) is 0 Å². The van der Waals surface area contributed by atoms with Crippen LogP contribution in [0.25, 0.3) is 0 Å². The molecule has 0 aromatic heterocycles. The molecule has 0 saturated heterocycles. The van der Waals surface area contributed by atoms with Gasteiger partial charge in [0.15, 0.2) is 0 Å². The van der Waals surface area contributed by atoms with Crippen molar-refractivity contribution in [1.29, 1.82) is 0 Å². The molecule has 0 bridgehead atoms. The Morgan fingerprint density at radius 1 is 0.542 bits per heavy atom. The minimum absolute atomic E-state index is 0.299. The zero-order valence-corrected chi connectivity index (χ0v) is 18.2. The molecule has 0 unspecified atom stereocenters. The molecular weight excluding hydrogens is 342 g/mol. The maximum absolute atomic E-state index is 12.9. The van der Waals surface area contributed by atoms with E-state index in [-0.39, 0.29) is 0 Å². The fourth-order valence-electron chi connectivity index (χ4n) is 2.49. The van der Waals surface area contributed by atoms with Crippen LogP contribution in [0.3, 0.4) is 0 Å². The molecule has 24 heavy (non-hydrogen) atoms. The van der Waals surface area contributed by atoms with Crippen molar-refractivity contribution in [3.8, 4) is 0 Å². The molecule has 0 aliphatic rings. The highest BCUT2D eigenvalue weighted by Gasteiger charge is 2.24. The monoisotopic (exact) mass is 382 g/mol. The number of unbranched alkanes of at least 4 members (excludes halogenated alkanes) is 4. The van der Waals surface area contributed by atoms with E-state index in [1.54, 1.807) is 0 Å². The highest BCUT2D eigenvalue weighted by atomic mass is 31.2. The molecule has 0 N–H and O–H groups in total. The summed E-state index contributed by atoms with van der Waals surface area (Å²) in [5.41, 5.74) is 0. The third-order valence-corrected chi connectivity index (χ3v) is 9.44. The van der Waals surface area contributed by atoms with Crippen molar-refractivity contribution >= 4 is 14.7 Å². The summed E-state index contributed by atoms with van der Waals surface area (Å²) in [5, 5.41) is 0. The van der Waals surface area contributed by atoms with Crippen LogP contribution in [0.4, 0.5) is 0 Å². The summed E-state index contributed by atoms with van der Waals surface area (Å²) in [6, 6.07) is 0. The van der Waals surface area contributed by atoms with Gasteiger partial charge in [0.2, 0.25) is 14.7 Å². The highest BCUT2D eigenvalue weighted by Crippen LogP contribution is 2.50. The number of rotatable bonds is 17. The molecule has 0 atom stereocenters. The van der Waals surface area contributed by atoms with E-state index in [1.165, 1.54) is 0 Å². The van der Waals surface area contributed by atoms with Crippen LogP contribution < -0.4 is 0 Å². The first-order valence-corrected chi connectivity index (χ1v) is 13.9. The molecule has 4 nitrogen and oxygen atoms in total. The lowest BCUT2D eigenvalue weighted by atomic mass is 10.4. The van der Waals surface area contributed by atoms with E-state index in [2.05, 4.69) is 27.7 Å². The van der Waals surface area contributed by atoms with Gasteiger partial charge in [-0.25, -0.2) is 0 Å². The first-order chi connectivity index (χ1) is 11.4. The standard InChI is InChI=1S/C18H40O4P2/c1-5-9-15-23(19,16-10-6-2)21-13-14-22-24(20,17-11-7-3)18-12-8-4/h5-18H2,1-4H3. The lowest BCUT2D eigenvalue weighted by Crippen LogP contribution is -2.08. The molecular formula is C18H40O4P2. The Morgan fingerprint density at radius 3 is 1.00 bits per heavy atom. The van der Waals surface area contributed by atoms with E-state index in [9.17, 15) is 9.13 Å². The minimum atomic E-state index is -2.55. The molecule has 0 radical (unpaired) electrons. The van der Waals surface area contributed by atoms with Gasteiger partial charge >= 0.3 is 0 Å². The smallest absolute Gasteiger partial charge is 0.203 e. The van der Waals surface area contributed by atoms with Gasteiger partial charge in [-0.2, -0.15) is 0 Å². The van der Waals surface area contributed by atoms with Crippen molar-refractivity contribution < 1.29 is 18.2 Å². The van der Waals surface area contributed by atoms with Crippen LogP contribution in [-0.2, 0) is 18.2 Å². The normalized spacial score (nSPS) is 12.7. The average molecular weight is 382 g/mol. The maximum atomic E-state index is 12.9. The average Bonchev–Trinajstić information content (AvgIpc) is 2.59. The quantitative estimate of drug-likeness (QED) is 0.206. The van der Waals surface area contributed by atoms with Gasteiger partial charge in [-0.15, -0.1) is 0 Å². The van der Waals surface area contributed by atoms with Gasteiger partial charge in [-0.05, 0) is 25.7 Å². The molecule has 0 aromatic carbocycles. The van der Waals surface area contributed by atoms with Gasteiger partial charge in [-0.1, -0.05) is 53.4 Å². The summed E-state index contributed by atoms with van der Waals surface area (Å²) >= 11 is 0. The van der Waals surface area contributed by atoms with Crippen LogP contribution in [0.15, 0.2) is 0 Å². The van der Waals surface area contributed by atoms with Gasteiger partial charge < -0.3 is 9.05 Å². The van der Waals surface area contributed by atoms with Crippen LogP contribution in [-0.4, -0.2) is 37.9 Å². The summed E-state index contributed by atoms with van der Waals surface area (Å²) in [6.45, 7) is 9.01. The summed E-state index contributed by atoms with van der Waals surface area (Å²) in [4.78, 5) is 0. The molecule has 6 heteroatoms. The fourth-order valence-corrected chi connectivity index (χ4v) is 7.46. The van der Waals surface area contributed by atoms with Crippen molar-refractivity contribution in [1.82, 2.24) is 0 Å². The number of hydrogen-bond acceptors (Lipinski definition) is 4. The topological polar surface area (TPSA) is 52.6 Å². The Kier molecular flexibility index (Phi) is 14.8. The molecule has 0 heterocycles. The Balaban J connectivity index is 4.39. The van der Waals surface area contributed by atoms with E-state index in [1.807, 2.05) is 0 Å². The highest BCUT2D eigenvalue weighted by molar-refractivity contribution is 7.59. The Labute approximate surface area is 150 Å². The molecule has 146 valence electrons. The van der Waals surface area contributed by atoms with Crippen LogP contribution in [0, 0.1) is 0 Å². The lowest BCUT2D eigenvalue weighted by molar-refractivity contribution is 0.218. The predicted octanol–water partition coefficient (Wildman–Crippen LogP) is 6.78. The van der Waals surface area contributed by atoms with Crippen LogP contribution in [0.2, 0.25) is 0 Å². The second kappa shape index (κ2) is 14.5. The van der Waals surface area contributed by atoms with E-state index in [4.69, 9.17) is 9.05 Å². The lowest BCUT2D eigenvalue weighted by Gasteiger charge is -2.21. The van der Waals surface area contributed by atoms with Gasteiger partial charge in [0.05, 0.1) is 13.2 Å². The molecule has 0 spiro atoms. The van der Waals surface area contributed by atoms with E-state index < -0.39 is 14.7 Å². The first kappa shape index (κ1) is 24.4. The summed E-state index contributed by atoms with van der Waals surface area (Å²) < 4.78 is 37.2. The zero-order chi connectivity index (χ0) is 18.3. The summed E-state index contributed by atoms with van der Waals surface area (Å²) in [5.74, 6) is 0. The molecule has 0 rings (SSSR count). The van der Waals surface area contributed by atoms with Crippen LogP contribution in [0.1, 0.15) is 79.1 Å². The second-order valence-corrected chi connectivity index (χ2v) is 12.2. The van der Waals surface area contributed by atoms with E-state index >= 15 is 0 Å². The summed E-state index contributed by atoms with van der Waals surface area (Å²) in [6.07, 6.45) is 10.5. The van der Waals surface area contributed by atoms with Crippen molar-refractivity contribution in [3.05, 3.63) is 0 Å². The summed E-state index contributed by atoms with van der Waals surface area (Å²) in [7, 11) is -5.09. The Bertz CT molecular complexity index is 325. The van der Waals surface area contributed by atoms with Crippen molar-refractivity contribution in [2.24, 2.45) is 0 Å². The van der Waals surface area contributed by atoms with Crippen molar-refractivity contribution in [3.63, 3.8) is 0 Å². The van der Waals surface area contributed by atoms with Crippen molar-refractivity contribution in [2.75, 3.05) is 37.9 Å². The van der Waals surface area contributed by atoms with Crippen LogP contribution >= 0.6 is 14.7 Å². The Hall–Kier alpha value is 0.380. The van der Waals surface area contributed by atoms with Gasteiger partial charge in [0.25, 0.3) is 0 Å². The third-order valence-electron chi connectivity index (χ3n) is 4.15. The molecule has 0 fully saturated rings. The van der Waals surface area contributed by atoms with Gasteiger partial charge in [0.1, 0.15) is 0 Å². The fraction of sp³-hybridized carbons (Fsp3) is 1.00. The second-order valence-electron chi connectivity index (χ2n) is 6.60. The molecule has 0 aliphatic heterocycles. The van der Waals surface area contributed by atoms with E-state index in [0.717, 1.165) is 51.4 Å². The van der Waals surface area contributed by atoms with Gasteiger partial charge in [-0.3, -0.25) is 9.13 Å². The maximum Gasteiger partial charge on any atom is 0.203 e.